The first-order valence-corrected chi connectivity index (χ1v) is 10.4. The lowest BCUT2D eigenvalue weighted by Gasteiger charge is -2.04. The van der Waals surface area contributed by atoms with Crippen LogP contribution in [0.2, 0.25) is 0 Å². The molecule has 0 aliphatic heterocycles. The fraction of sp³-hybridized carbons (Fsp3) is 0.158. The zero-order valence-corrected chi connectivity index (χ0v) is 16.6. The molecule has 7 nitrogen and oxygen atoms in total. The molecular weight excluding hydrogens is 394 g/mol. The van der Waals surface area contributed by atoms with E-state index in [2.05, 4.69) is 25.5 Å². The number of aromatic nitrogens is 4. The molecular formula is C19H17N5O2S2. The smallest absolute Gasteiger partial charge is 0.258 e. The Balaban J connectivity index is 1.36. The van der Waals surface area contributed by atoms with Crippen LogP contribution in [-0.2, 0) is 6.42 Å². The van der Waals surface area contributed by atoms with Crippen molar-refractivity contribution in [2.75, 3.05) is 18.2 Å². The van der Waals surface area contributed by atoms with E-state index in [0.29, 0.717) is 28.3 Å². The van der Waals surface area contributed by atoms with Gasteiger partial charge in [-0.15, -0.1) is 10.2 Å². The molecule has 4 rings (SSSR count). The second kappa shape index (κ2) is 8.41. The average Bonchev–Trinajstić information content (AvgIpc) is 3.15. The Morgan fingerprint density at radius 3 is 2.96 bits per heavy atom. The summed E-state index contributed by atoms with van der Waals surface area (Å²) in [6.45, 7) is 0. The van der Waals surface area contributed by atoms with Crippen LogP contribution in [-0.4, -0.2) is 33.0 Å². The summed E-state index contributed by atoms with van der Waals surface area (Å²) in [6.07, 6.45) is 0.642. The van der Waals surface area contributed by atoms with Gasteiger partial charge < -0.3 is 15.0 Å². The summed E-state index contributed by atoms with van der Waals surface area (Å²) in [5.41, 5.74) is 1.50. The average molecular weight is 412 g/mol. The number of aryl methyl sites for hydroxylation is 1. The molecule has 142 valence electrons. The van der Waals surface area contributed by atoms with E-state index >= 15 is 0 Å². The highest BCUT2D eigenvalue weighted by Gasteiger charge is 2.08. The largest absolute Gasteiger partial charge is 0.497 e. The Morgan fingerprint density at radius 2 is 2.07 bits per heavy atom. The van der Waals surface area contributed by atoms with Crippen LogP contribution < -0.4 is 15.6 Å². The highest BCUT2D eigenvalue weighted by atomic mass is 32.2. The molecule has 0 amide bonds. The number of H-pyrrole nitrogens is 1. The molecule has 0 saturated heterocycles. The SMILES string of the molecule is COc1cccc(Nc2nnc(SCCc3nc4ccccc4c(=O)[nH]3)s2)c1. The first-order chi connectivity index (χ1) is 13.7. The fourth-order valence-corrected chi connectivity index (χ4v) is 4.42. The van der Waals surface area contributed by atoms with E-state index in [1.165, 1.54) is 11.3 Å². The minimum Gasteiger partial charge on any atom is -0.497 e. The number of ether oxygens (including phenoxy) is 1. The normalized spacial score (nSPS) is 10.9. The Morgan fingerprint density at radius 1 is 1.18 bits per heavy atom. The molecule has 0 atom stereocenters. The van der Waals surface area contributed by atoms with Crippen molar-refractivity contribution in [1.82, 2.24) is 20.2 Å². The number of hydrogen-bond donors (Lipinski definition) is 2. The molecule has 0 radical (unpaired) electrons. The van der Waals surface area contributed by atoms with Gasteiger partial charge in [-0.05, 0) is 24.3 Å². The number of hydrogen-bond acceptors (Lipinski definition) is 8. The van der Waals surface area contributed by atoms with Crippen LogP contribution >= 0.6 is 23.1 Å². The maximum absolute atomic E-state index is 12.1. The van der Waals surface area contributed by atoms with Crippen molar-refractivity contribution >= 4 is 44.8 Å². The van der Waals surface area contributed by atoms with Crippen molar-refractivity contribution < 1.29 is 4.74 Å². The van der Waals surface area contributed by atoms with E-state index < -0.39 is 0 Å². The van der Waals surface area contributed by atoms with Crippen LogP contribution in [0.1, 0.15) is 5.82 Å². The molecule has 0 fully saturated rings. The molecule has 2 heterocycles. The van der Waals surface area contributed by atoms with E-state index in [0.717, 1.165) is 21.5 Å². The van der Waals surface area contributed by atoms with E-state index in [-0.39, 0.29) is 5.56 Å². The van der Waals surface area contributed by atoms with Crippen molar-refractivity contribution in [1.29, 1.82) is 0 Å². The van der Waals surface area contributed by atoms with Crippen LogP contribution in [0.4, 0.5) is 10.8 Å². The molecule has 0 saturated carbocycles. The zero-order chi connectivity index (χ0) is 19.3. The molecule has 2 aromatic carbocycles. The third kappa shape index (κ3) is 4.32. The molecule has 4 aromatic rings. The summed E-state index contributed by atoms with van der Waals surface area (Å²) in [4.78, 5) is 19.5. The van der Waals surface area contributed by atoms with Crippen LogP contribution in [0.25, 0.3) is 10.9 Å². The van der Waals surface area contributed by atoms with E-state index in [4.69, 9.17) is 4.74 Å². The van der Waals surface area contributed by atoms with Gasteiger partial charge in [0.25, 0.3) is 5.56 Å². The molecule has 0 aliphatic carbocycles. The van der Waals surface area contributed by atoms with Gasteiger partial charge >= 0.3 is 0 Å². The van der Waals surface area contributed by atoms with Gasteiger partial charge in [-0.1, -0.05) is 41.3 Å². The predicted molar refractivity (Wildman–Crippen MR) is 113 cm³/mol. The van der Waals surface area contributed by atoms with Gasteiger partial charge in [0.2, 0.25) is 5.13 Å². The molecule has 2 N–H and O–H groups in total. The maximum atomic E-state index is 12.1. The van der Waals surface area contributed by atoms with Crippen molar-refractivity contribution in [2.24, 2.45) is 0 Å². The summed E-state index contributed by atoms with van der Waals surface area (Å²) in [5, 5.41) is 12.9. The lowest BCUT2D eigenvalue weighted by Crippen LogP contribution is -2.12. The second-order valence-electron chi connectivity index (χ2n) is 5.86. The van der Waals surface area contributed by atoms with Gasteiger partial charge in [0, 0.05) is 23.9 Å². The molecule has 9 heteroatoms. The fourth-order valence-electron chi connectivity index (χ4n) is 2.63. The van der Waals surface area contributed by atoms with Crippen LogP contribution in [0.3, 0.4) is 0 Å². The number of thioether (sulfide) groups is 1. The van der Waals surface area contributed by atoms with Crippen molar-refractivity contribution in [3.05, 3.63) is 64.7 Å². The van der Waals surface area contributed by atoms with Gasteiger partial charge in [-0.2, -0.15) is 0 Å². The lowest BCUT2D eigenvalue weighted by atomic mass is 10.2. The van der Waals surface area contributed by atoms with E-state index in [1.54, 1.807) is 24.9 Å². The molecule has 2 aromatic heterocycles. The number of aromatic amines is 1. The Bertz CT molecular complexity index is 1160. The summed E-state index contributed by atoms with van der Waals surface area (Å²) in [6, 6.07) is 15.0. The van der Waals surface area contributed by atoms with Crippen molar-refractivity contribution in [2.45, 2.75) is 10.8 Å². The van der Waals surface area contributed by atoms with E-state index in [1.807, 2.05) is 42.5 Å². The predicted octanol–water partition coefficient (Wildman–Crippen LogP) is 3.86. The lowest BCUT2D eigenvalue weighted by molar-refractivity contribution is 0.415. The van der Waals surface area contributed by atoms with Crippen LogP contribution in [0.15, 0.2) is 57.7 Å². The van der Waals surface area contributed by atoms with Gasteiger partial charge in [0.1, 0.15) is 11.6 Å². The maximum Gasteiger partial charge on any atom is 0.258 e. The summed E-state index contributed by atoms with van der Waals surface area (Å²) >= 11 is 3.06. The minimum absolute atomic E-state index is 0.105. The number of nitrogens with one attached hydrogen (secondary N) is 2. The highest BCUT2D eigenvalue weighted by Crippen LogP contribution is 2.29. The Labute approximate surface area is 169 Å². The first kappa shape index (κ1) is 18.5. The highest BCUT2D eigenvalue weighted by molar-refractivity contribution is 8.01. The quantitative estimate of drug-likeness (QED) is 0.446. The van der Waals surface area contributed by atoms with Crippen LogP contribution in [0, 0.1) is 0 Å². The number of anilines is 2. The van der Waals surface area contributed by atoms with Gasteiger partial charge in [0.05, 0.1) is 18.0 Å². The number of rotatable bonds is 7. The second-order valence-corrected chi connectivity index (χ2v) is 8.18. The zero-order valence-electron chi connectivity index (χ0n) is 15.0. The molecule has 0 aliphatic rings. The third-order valence-corrected chi connectivity index (χ3v) is 5.93. The minimum atomic E-state index is -0.105. The molecule has 0 unspecified atom stereocenters. The van der Waals surface area contributed by atoms with Gasteiger partial charge in [-0.25, -0.2) is 4.98 Å². The summed E-state index contributed by atoms with van der Waals surface area (Å²) in [7, 11) is 1.64. The number of para-hydroxylation sites is 1. The van der Waals surface area contributed by atoms with Gasteiger partial charge in [0.15, 0.2) is 4.34 Å². The number of fused-ring (bicyclic) bond motifs is 1. The van der Waals surface area contributed by atoms with Crippen molar-refractivity contribution in [3.63, 3.8) is 0 Å². The number of nitrogens with zero attached hydrogens (tertiary/aromatic N) is 3. The number of methoxy groups -OCH3 is 1. The molecule has 0 spiro atoms. The molecule has 28 heavy (non-hydrogen) atoms. The van der Waals surface area contributed by atoms with Crippen LogP contribution in [0.5, 0.6) is 5.75 Å². The number of benzene rings is 2. The van der Waals surface area contributed by atoms with Crippen molar-refractivity contribution in [3.8, 4) is 5.75 Å². The summed E-state index contributed by atoms with van der Waals surface area (Å²) < 4.78 is 6.08. The van der Waals surface area contributed by atoms with Gasteiger partial charge in [-0.3, -0.25) is 4.79 Å². The topological polar surface area (TPSA) is 92.8 Å². The standard InChI is InChI=1S/C19H17N5O2S2/c1-26-13-6-4-5-12(11-13)20-18-23-24-19(28-18)27-10-9-16-21-15-8-3-2-7-14(15)17(25)22-16/h2-8,11H,9-10H2,1H3,(H,20,23)(H,21,22,25). The first-order valence-electron chi connectivity index (χ1n) is 8.56. The third-order valence-electron chi connectivity index (χ3n) is 3.95. The summed E-state index contributed by atoms with van der Waals surface area (Å²) in [5.74, 6) is 2.20. The molecule has 0 bridgehead atoms. The Hall–Kier alpha value is -2.91. The van der Waals surface area contributed by atoms with E-state index in [9.17, 15) is 4.79 Å². The monoisotopic (exact) mass is 411 g/mol. The Kier molecular flexibility index (Phi) is 5.54.